The molecule has 1 fully saturated rings. The molecule has 0 saturated carbocycles. The molecule has 1 N–H and O–H groups in total. The van der Waals surface area contributed by atoms with Crippen molar-refractivity contribution in [3.63, 3.8) is 0 Å². The van der Waals surface area contributed by atoms with Crippen molar-refractivity contribution < 1.29 is 9.59 Å². The molecule has 1 aliphatic rings. The van der Waals surface area contributed by atoms with Gasteiger partial charge in [0.25, 0.3) is 5.56 Å². The zero-order chi connectivity index (χ0) is 18.0. The highest BCUT2D eigenvalue weighted by molar-refractivity contribution is 5.81. The summed E-state index contributed by atoms with van der Waals surface area (Å²) in [5, 5.41) is 3.47. The van der Waals surface area contributed by atoms with Gasteiger partial charge in [-0.1, -0.05) is 12.1 Å². The minimum atomic E-state index is -0.213. The molecule has 0 bridgehead atoms. The number of para-hydroxylation sites is 1. The summed E-state index contributed by atoms with van der Waals surface area (Å²) in [6.07, 6.45) is 2.89. The number of amides is 2. The first-order valence-corrected chi connectivity index (χ1v) is 8.45. The van der Waals surface area contributed by atoms with Gasteiger partial charge in [0.15, 0.2) is 0 Å². The minimum Gasteiger partial charge on any atom is -0.352 e. The quantitative estimate of drug-likeness (QED) is 0.895. The highest BCUT2D eigenvalue weighted by Crippen LogP contribution is 2.12. The van der Waals surface area contributed by atoms with Gasteiger partial charge in [0, 0.05) is 26.1 Å². The number of hydrogen-bond donors (Lipinski definition) is 1. The zero-order valence-electron chi connectivity index (χ0n) is 14.5. The summed E-state index contributed by atoms with van der Waals surface area (Å²) in [7, 11) is 0. The van der Waals surface area contributed by atoms with Crippen LogP contribution in [0.15, 0.2) is 29.3 Å². The van der Waals surface area contributed by atoms with E-state index in [0.29, 0.717) is 24.0 Å². The third kappa shape index (κ3) is 3.70. The van der Waals surface area contributed by atoms with Crippen molar-refractivity contribution >= 4 is 22.7 Å². The summed E-state index contributed by atoms with van der Waals surface area (Å²) in [6, 6.07) is 5.48. The molecule has 2 amide bonds. The molecule has 2 aromatic rings. The van der Waals surface area contributed by atoms with Crippen LogP contribution in [-0.2, 0) is 16.1 Å². The van der Waals surface area contributed by atoms with Crippen LogP contribution < -0.4 is 10.9 Å². The molecule has 7 nitrogen and oxygen atoms in total. The number of rotatable bonds is 3. The van der Waals surface area contributed by atoms with E-state index >= 15 is 0 Å². The molecule has 0 spiro atoms. The van der Waals surface area contributed by atoms with Crippen molar-refractivity contribution in [1.82, 2.24) is 19.8 Å². The van der Waals surface area contributed by atoms with Crippen molar-refractivity contribution in [2.75, 3.05) is 13.1 Å². The second-order valence-corrected chi connectivity index (χ2v) is 6.50. The molecule has 0 aliphatic carbocycles. The fraction of sp³-hybridized carbons (Fsp3) is 0.444. The van der Waals surface area contributed by atoms with Crippen LogP contribution in [0, 0.1) is 6.92 Å². The van der Waals surface area contributed by atoms with Crippen LogP contribution in [0.2, 0.25) is 0 Å². The van der Waals surface area contributed by atoms with Gasteiger partial charge in [0.1, 0.15) is 6.54 Å². The Labute approximate surface area is 145 Å². The van der Waals surface area contributed by atoms with E-state index < -0.39 is 0 Å². The lowest BCUT2D eigenvalue weighted by Gasteiger charge is -2.31. The predicted molar refractivity (Wildman–Crippen MR) is 94.2 cm³/mol. The number of aryl methyl sites for hydroxylation is 1. The van der Waals surface area contributed by atoms with Crippen LogP contribution in [0.1, 0.15) is 25.3 Å². The van der Waals surface area contributed by atoms with E-state index in [1.807, 2.05) is 19.1 Å². The monoisotopic (exact) mass is 342 g/mol. The number of piperidine rings is 1. The third-order valence-electron chi connectivity index (χ3n) is 4.67. The number of aromatic nitrogens is 2. The van der Waals surface area contributed by atoms with Gasteiger partial charge >= 0.3 is 0 Å². The first-order valence-electron chi connectivity index (χ1n) is 8.45. The van der Waals surface area contributed by atoms with Crippen LogP contribution in [0.3, 0.4) is 0 Å². The summed E-state index contributed by atoms with van der Waals surface area (Å²) in [5.41, 5.74) is 1.39. The van der Waals surface area contributed by atoms with Crippen molar-refractivity contribution in [1.29, 1.82) is 0 Å². The first-order chi connectivity index (χ1) is 12.0. The van der Waals surface area contributed by atoms with Crippen molar-refractivity contribution in [3.8, 4) is 0 Å². The lowest BCUT2D eigenvalue weighted by molar-refractivity contribution is -0.130. The maximum atomic E-state index is 12.5. The average molecular weight is 342 g/mol. The Bertz CT molecular complexity index is 866. The van der Waals surface area contributed by atoms with Crippen LogP contribution in [0.4, 0.5) is 0 Å². The molecule has 1 aromatic heterocycles. The van der Waals surface area contributed by atoms with E-state index in [1.54, 1.807) is 17.9 Å². The molecule has 7 heteroatoms. The minimum absolute atomic E-state index is 0.0365. The van der Waals surface area contributed by atoms with E-state index in [1.165, 1.54) is 10.9 Å². The number of hydrogen-bond acceptors (Lipinski definition) is 4. The van der Waals surface area contributed by atoms with E-state index in [-0.39, 0.29) is 30.0 Å². The van der Waals surface area contributed by atoms with Gasteiger partial charge < -0.3 is 10.2 Å². The highest BCUT2D eigenvalue weighted by Gasteiger charge is 2.22. The van der Waals surface area contributed by atoms with Gasteiger partial charge in [-0.25, -0.2) is 4.98 Å². The maximum Gasteiger partial charge on any atom is 0.261 e. The average Bonchev–Trinajstić information content (AvgIpc) is 2.58. The first kappa shape index (κ1) is 17.1. The Morgan fingerprint density at radius 1 is 1.28 bits per heavy atom. The topological polar surface area (TPSA) is 84.3 Å². The van der Waals surface area contributed by atoms with E-state index in [4.69, 9.17) is 0 Å². The Kier molecular flexibility index (Phi) is 4.83. The SMILES string of the molecule is CC(=O)N1CCC(NC(=O)Cn2cnc3c(C)cccc3c2=O)CC1. The molecule has 0 atom stereocenters. The van der Waals surface area contributed by atoms with Gasteiger partial charge in [-0.15, -0.1) is 0 Å². The fourth-order valence-electron chi connectivity index (χ4n) is 3.22. The molecular formula is C18H22N4O3. The molecule has 0 radical (unpaired) electrons. The zero-order valence-corrected chi connectivity index (χ0v) is 14.5. The molecule has 132 valence electrons. The summed E-state index contributed by atoms with van der Waals surface area (Å²) < 4.78 is 1.34. The van der Waals surface area contributed by atoms with Crippen LogP contribution in [-0.4, -0.2) is 45.4 Å². The van der Waals surface area contributed by atoms with E-state index in [0.717, 1.165) is 18.4 Å². The maximum absolute atomic E-state index is 12.5. The fourth-order valence-corrected chi connectivity index (χ4v) is 3.22. The molecule has 1 aliphatic heterocycles. The van der Waals surface area contributed by atoms with Crippen LogP contribution in [0.25, 0.3) is 10.9 Å². The lowest BCUT2D eigenvalue weighted by atomic mass is 10.1. The molecular weight excluding hydrogens is 320 g/mol. The summed E-state index contributed by atoms with van der Waals surface area (Å²) in [6.45, 7) is 4.70. The largest absolute Gasteiger partial charge is 0.352 e. The Balaban J connectivity index is 1.66. The van der Waals surface area contributed by atoms with Crippen molar-refractivity contribution in [3.05, 3.63) is 40.4 Å². The summed E-state index contributed by atoms with van der Waals surface area (Å²) >= 11 is 0. The number of nitrogens with one attached hydrogen (secondary N) is 1. The van der Waals surface area contributed by atoms with Gasteiger partial charge in [-0.05, 0) is 31.4 Å². The normalized spacial score (nSPS) is 15.4. The molecule has 2 heterocycles. The van der Waals surface area contributed by atoms with Crippen molar-refractivity contribution in [2.24, 2.45) is 0 Å². The van der Waals surface area contributed by atoms with Gasteiger partial charge in [0.05, 0.1) is 17.2 Å². The number of carbonyl (C=O) groups is 2. The number of benzene rings is 1. The summed E-state index contributed by atoms with van der Waals surface area (Å²) in [4.78, 5) is 42.2. The Morgan fingerprint density at radius 2 is 2.00 bits per heavy atom. The molecule has 0 unspecified atom stereocenters. The number of nitrogens with zero attached hydrogens (tertiary/aromatic N) is 3. The second-order valence-electron chi connectivity index (χ2n) is 6.50. The number of likely N-dealkylation sites (tertiary alicyclic amines) is 1. The molecule has 1 aromatic carbocycles. The van der Waals surface area contributed by atoms with Crippen LogP contribution >= 0.6 is 0 Å². The van der Waals surface area contributed by atoms with Gasteiger partial charge in [-0.3, -0.25) is 19.0 Å². The molecule has 25 heavy (non-hydrogen) atoms. The Morgan fingerprint density at radius 3 is 2.68 bits per heavy atom. The Hall–Kier alpha value is -2.70. The van der Waals surface area contributed by atoms with Crippen molar-refractivity contribution in [2.45, 2.75) is 39.3 Å². The number of fused-ring (bicyclic) bond motifs is 1. The highest BCUT2D eigenvalue weighted by atomic mass is 16.2. The van der Waals surface area contributed by atoms with E-state index in [9.17, 15) is 14.4 Å². The summed E-state index contributed by atoms with van der Waals surface area (Å²) in [5.74, 6) is -0.147. The lowest BCUT2D eigenvalue weighted by Crippen LogP contribution is -2.47. The van der Waals surface area contributed by atoms with Crippen LogP contribution in [0.5, 0.6) is 0 Å². The van der Waals surface area contributed by atoms with Gasteiger partial charge in [-0.2, -0.15) is 0 Å². The number of carbonyl (C=O) groups excluding carboxylic acids is 2. The van der Waals surface area contributed by atoms with Gasteiger partial charge in [0.2, 0.25) is 11.8 Å². The van der Waals surface area contributed by atoms with E-state index in [2.05, 4.69) is 10.3 Å². The molecule has 1 saturated heterocycles. The predicted octanol–water partition coefficient (Wildman–Crippen LogP) is 0.832. The smallest absolute Gasteiger partial charge is 0.261 e. The third-order valence-corrected chi connectivity index (χ3v) is 4.67. The standard InChI is InChI=1S/C18H22N4O3/c1-12-4-3-5-15-17(12)19-11-22(18(15)25)10-16(24)20-14-6-8-21(9-7-14)13(2)23/h3-5,11,14H,6-10H2,1-2H3,(H,20,24). The molecule has 3 rings (SSSR count). The second kappa shape index (κ2) is 7.04.